The number of benzene rings is 3. The predicted molar refractivity (Wildman–Crippen MR) is 128 cm³/mol. The van der Waals surface area contributed by atoms with Gasteiger partial charge in [-0.3, -0.25) is 4.79 Å². The molecule has 162 valence electrons. The standard InChI is InChI=1S/C27H32N2O2/c1-19-7-6-16-29(18-19)25-13-10-22(11-14-25)20(2)28-27(30)21(3)31-26-15-12-23-8-4-5-9-24(23)17-26/h4-5,8-15,17,19-21H,6-7,16,18H2,1-3H3,(H,28,30)/t19-,20+,21+/m1/s1. The maximum absolute atomic E-state index is 12.7. The van der Waals surface area contributed by atoms with Crippen LogP contribution in [0.1, 0.15) is 45.2 Å². The van der Waals surface area contributed by atoms with Gasteiger partial charge in [-0.15, -0.1) is 0 Å². The van der Waals surface area contributed by atoms with Gasteiger partial charge in [0.15, 0.2) is 6.10 Å². The Kier molecular flexibility index (Phi) is 6.45. The molecule has 31 heavy (non-hydrogen) atoms. The maximum Gasteiger partial charge on any atom is 0.261 e. The SMILES string of the molecule is C[C@@H]1CCCN(c2ccc([C@H](C)NC(=O)[C@H](C)Oc3ccc4ccccc4c3)cc2)C1. The summed E-state index contributed by atoms with van der Waals surface area (Å²) in [5.74, 6) is 1.33. The van der Waals surface area contributed by atoms with Gasteiger partial charge in [0.05, 0.1) is 6.04 Å². The second-order valence-electron chi connectivity index (χ2n) is 8.78. The van der Waals surface area contributed by atoms with E-state index in [-0.39, 0.29) is 11.9 Å². The molecular formula is C27H32N2O2. The molecule has 1 aliphatic heterocycles. The summed E-state index contributed by atoms with van der Waals surface area (Å²) in [5, 5.41) is 5.34. The maximum atomic E-state index is 12.7. The third-order valence-corrected chi connectivity index (χ3v) is 6.18. The van der Waals surface area contributed by atoms with E-state index < -0.39 is 6.10 Å². The normalized spacial score (nSPS) is 18.4. The first-order valence-electron chi connectivity index (χ1n) is 11.3. The Bertz CT molecular complexity index is 1030. The monoisotopic (exact) mass is 416 g/mol. The van der Waals surface area contributed by atoms with Crippen molar-refractivity contribution in [2.45, 2.75) is 45.8 Å². The molecule has 3 aromatic carbocycles. The molecule has 0 saturated carbocycles. The van der Waals surface area contributed by atoms with Crippen LogP contribution in [0.5, 0.6) is 5.75 Å². The second-order valence-corrected chi connectivity index (χ2v) is 8.78. The zero-order valence-corrected chi connectivity index (χ0v) is 18.7. The van der Waals surface area contributed by atoms with Crippen LogP contribution in [0.25, 0.3) is 10.8 Å². The third kappa shape index (κ3) is 5.19. The van der Waals surface area contributed by atoms with E-state index in [0.29, 0.717) is 5.75 Å². The lowest BCUT2D eigenvalue weighted by Crippen LogP contribution is -2.37. The quantitative estimate of drug-likeness (QED) is 0.559. The average Bonchev–Trinajstić information content (AvgIpc) is 2.79. The smallest absolute Gasteiger partial charge is 0.261 e. The van der Waals surface area contributed by atoms with Gasteiger partial charge in [-0.1, -0.05) is 49.4 Å². The first-order valence-corrected chi connectivity index (χ1v) is 11.3. The van der Waals surface area contributed by atoms with Crippen LogP contribution < -0.4 is 15.0 Å². The number of ether oxygens (including phenoxy) is 1. The van der Waals surface area contributed by atoms with Crippen LogP contribution in [-0.4, -0.2) is 25.1 Å². The molecule has 4 rings (SSSR count). The molecule has 3 aromatic rings. The number of piperidine rings is 1. The highest BCUT2D eigenvalue weighted by Crippen LogP contribution is 2.25. The number of hydrogen-bond donors (Lipinski definition) is 1. The highest BCUT2D eigenvalue weighted by Gasteiger charge is 2.19. The molecule has 1 saturated heterocycles. The van der Waals surface area contributed by atoms with Gasteiger partial charge in [0, 0.05) is 18.8 Å². The number of nitrogens with zero attached hydrogens (tertiary/aromatic N) is 1. The van der Waals surface area contributed by atoms with Gasteiger partial charge < -0.3 is 15.0 Å². The molecule has 1 amide bonds. The molecule has 0 bridgehead atoms. The molecule has 3 atom stereocenters. The highest BCUT2D eigenvalue weighted by molar-refractivity contribution is 5.84. The molecule has 0 radical (unpaired) electrons. The molecule has 1 aliphatic rings. The van der Waals surface area contributed by atoms with Crippen LogP contribution in [0.3, 0.4) is 0 Å². The number of fused-ring (bicyclic) bond motifs is 1. The van der Waals surface area contributed by atoms with Crippen molar-refractivity contribution in [2.24, 2.45) is 5.92 Å². The van der Waals surface area contributed by atoms with E-state index in [1.54, 1.807) is 6.92 Å². The van der Waals surface area contributed by atoms with Crippen molar-refractivity contribution in [3.05, 3.63) is 72.3 Å². The minimum absolute atomic E-state index is 0.0792. The van der Waals surface area contributed by atoms with E-state index in [2.05, 4.69) is 47.5 Å². The van der Waals surface area contributed by atoms with Gasteiger partial charge in [0.1, 0.15) is 5.75 Å². The lowest BCUT2D eigenvalue weighted by molar-refractivity contribution is -0.127. The number of amides is 1. The van der Waals surface area contributed by atoms with E-state index >= 15 is 0 Å². The van der Waals surface area contributed by atoms with Crippen molar-refractivity contribution in [3.63, 3.8) is 0 Å². The van der Waals surface area contributed by atoms with Crippen molar-refractivity contribution in [3.8, 4) is 5.75 Å². The fourth-order valence-electron chi connectivity index (χ4n) is 4.31. The first-order chi connectivity index (χ1) is 15.0. The molecule has 0 aliphatic carbocycles. The van der Waals surface area contributed by atoms with Gasteiger partial charge in [-0.05, 0) is 73.2 Å². The summed E-state index contributed by atoms with van der Waals surface area (Å²) < 4.78 is 5.91. The summed E-state index contributed by atoms with van der Waals surface area (Å²) in [5.41, 5.74) is 2.36. The zero-order chi connectivity index (χ0) is 21.8. The zero-order valence-electron chi connectivity index (χ0n) is 18.7. The Morgan fingerprint density at radius 3 is 2.52 bits per heavy atom. The van der Waals surface area contributed by atoms with Crippen molar-refractivity contribution in [2.75, 3.05) is 18.0 Å². The van der Waals surface area contributed by atoms with Gasteiger partial charge in [0.25, 0.3) is 5.91 Å². The number of rotatable bonds is 6. The summed E-state index contributed by atoms with van der Waals surface area (Å²) in [4.78, 5) is 15.2. The van der Waals surface area contributed by atoms with Crippen LogP contribution in [0, 0.1) is 5.92 Å². The van der Waals surface area contributed by atoms with E-state index in [9.17, 15) is 4.79 Å². The van der Waals surface area contributed by atoms with E-state index in [1.807, 2.05) is 43.3 Å². The minimum atomic E-state index is -0.572. The molecule has 1 heterocycles. The lowest BCUT2D eigenvalue weighted by Gasteiger charge is -2.33. The Balaban J connectivity index is 1.34. The first kappa shape index (κ1) is 21.2. The largest absolute Gasteiger partial charge is 0.481 e. The van der Waals surface area contributed by atoms with Crippen LogP contribution in [0.4, 0.5) is 5.69 Å². The minimum Gasteiger partial charge on any atom is -0.481 e. The number of nitrogens with one attached hydrogen (secondary N) is 1. The topological polar surface area (TPSA) is 41.6 Å². The summed E-state index contributed by atoms with van der Waals surface area (Å²) in [7, 11) is 0. The summed E-state index contributed by atoms with van der Waals surface area (Å²) in [6, 6.07) is 22.5. The Labute approximate surface area is 185 Å². The van der Waals surface area contributed by atoms with Crippen molar-refractivity contribution in [1.29, 1.82) is 0 Å². The molecule has 0 aromatic heterocycles. The third-order valence-electron chi connectivity index (χ3n) is 6.18. The van der Waals surface area contributed by atoms with E-state index in [1.165, 1.54) is 18.5 Å². The Hall–Kier alpha value is -3.01. The van der Waals surface area contributed by atoms with E-state index in [4.69, 9.17) is 4.74 Å². The molecule has 4 nitrogen and oxygen atoms in total. The molecule has 0 spiro atoms. The van der Waals surface area contributed by atoms with Crippen LogP contribution in [0.2, 0.25) is 0 Å². The van der Waals surface area contributed by atoms with E-state index in [0.717, 1.165) is 35.3 Å². The predicted octanol–water partition coefficient (Wildman–Crippen LogP) is 5.72. The molecule has 0 unspecified atom stereocenters. The van der Waals surface area contributed by atoms with Gasteiger partial charge in [-0.2, -0.15) is 0 Å². The van der Waals surface area contributed by atoms with Gasteiger partial charge >= 0.3 is 0 Å². The van der Waals surface area contributed by atoms with Gasteiger partial charge in [0.2, 0.25) is 0 Å². The molecule has 4 heteroatoms. The fourth-order valence-corrected chi connectivity index (χ4v) is 4.31. The molecule has 1 N–H and O–H groups in total. The summed E-state index contributed by atoms with van der Waals surface area (Å²) in [6.07, 6.45) is 2.00. The number of carbonyl (C=O) groups is 1. The average molecular weight is 417 g/mol. The van der Waals surface area contributed by atoms with Crippen LogP contribution in [-0.2, 0) is 4.79 Å². The number of hydrogen-bond acceptors (Lipinski definition) is 3. The lowest BCUT2D eigenvalue weighted by atomic mass is 9.99. The Morgan fingerprint density at radius 2 is 1.77 bits per heavy atom. The van der Waals surface area contributed by atoms with Gasteiger partial charge in [-0.25, -0.2) is 0 Å². The summed E-state index contributed by atoms with van der Waals surface area (Å²) in [6.45, 7) is 8.37. The second kappa shape index (κ2) is 9.42. The van der Waals surface area contributed by atoms with Crippen molar-refractivity contribution < 1.29 is 9.53 Å². The number of anilines is 1. The van der Waals surface area contributed by atoms with Crippen LogP contribution >= 0.6 is 0 Å². The fraction of sp³-hybridized carbons (Fsp3) is 0.370. The highest BCUT2D eigenvalue weighted by atomic mass is 16.5. The molecular weight excluding hydrogens is 384 g/mol. The number of carbonyl (C=O) groups excluding carboxylic acids is 1. The summed E-state index contributed by atoms with van der Waals surface area (Å²) >= 11 is 0. The molecule has 1 fully saturated rings. The van der Waals surface area contributed by atoms with Crippen molar-refractivity contribution >= 4 is 22.4 Å². The Morgan fingerprint density at radius 1 is 1.03 bits per heavy atom. The van der Waals surface area contributed by atoms with Crippen molar-refractivity contribution in [1.82, 2.24) is 5.32 Å². The van der Waals surface area contributed by atoms with Crippen LogP contribution in [0.15, 0.2) is 66.7 Å².